The normalized spacial score (nSPS) is 18.1. The maximum Gasteiger partial charge on any atom is 0.317 e. The Balaban J connectivity index is 1.19. The first kappa shape index (κ1) is 21.5. The summed E-state index contributed by atoms with van der Waals surface area (Å²) in [5, 5.41) is 13.8. The lowest BCUT2D eigenvalue weighted by Gasteiger charge is -2.31. The summed E-state index contributed by atoms with van der Waals surface area (Å²) in [7, 11) is 0. The number of rotatable bonds is 5. The van der Waals surface area contributed by atoms with E-state index in [4.69, 9.17) is 0 Å². The Bertz CT molecular complexity index is 858. The lowest BCUT2D eigenvalue weighted by molar-refractivity contribution is -0.121. The molecule has 10 heteroatoms. The summed E-state index contributed by atoms with van der Waals surface area (Å²) in [6.45, 7) is 5.97. The number of nitrogens with one attached hydrogen (secondary N) is 2. The number of carbonyl (C=O) groups is 2. The predicted octanol–water partition coefficient (Wildman–Crippen LogP) is 2.73. The Morgan fingerprint density at radius 2 is 1.90 bits per heavy atom. The molecule has 2 aromatic rings. The summed E-state index contributed by atoms with van der Waals surface area (Å²) in [5.74, 6) is 1.64. The Labute approximate surface area is 186 Å². The van der Waals surface area contributed by atoms with Crippen LogP contribution < -0.4 is 15.5 Å². The maximum atomic E-state index is 12.5. The molecule has 0 aliphatic carbocycles. The number of likely N-dealkylation sites (tertiary alicyclic amines) is 1. The molecule has 0 saturated carbocycles. The Kier molecular flexibility index (Phi) is 6.96. The summed E-state index contributed by atoms with van der Waals surface area (Å²) in [5.41, 5.74) is 2.56. The average molecular weight is 444 g/mol. The zero-order valence-corrected chi connectivity index (χ0v) is 18.6. The molecular formula is C21H29N7O2S. The molecule has 0 unspecified atom stereocenters. The van der Waals surface area contributed by atoms with Crippen LogP contribution in [0, 0.1) is 11.8 Å². The smallest absolute Gasteiger partial charge is 0.317 e. The van der Waals surface area contributed by atoms with E-state index in [1.807, 2.05) is 18.3 Å². The van der Waals surface area contributed by atoms with Crippen molar-refractivity contribution in [3.63, 3.8) is 0 Å². The van der Waals surface area contributed by atoms with Gasteiger partial charge in [-0.1, -0.05) is 24.3 Å². The molecule has 166 valence electrons. The fourth-order valence-electron chi connectivity index (χ4n) is 4.02. The Hall–Kier alpha value is -2.75. The van der Waals surface area contributed by atoms with E-state index < -0.39 is 0 Å². The van der Waals surface area contributed by atoms with Gasteiger partial charge in [0.05, 0.1) is 0 Å². The first-order valence-corrected chi connectivity index (χ1v) is 11.8. The average Bonchev–Trinajstić information content (AvgIpc) is 3.31. The van der Waals surface area contributed by atoms with Gasteiger partial charge in [0.2, 0.25) is 11.0 Å². The summed E-state index contributed by atoms with van der Waals surface area (Å²) >= 11 is 1.30. The van der Waals surface area contributed by atoms with Crippen molar-refractivity contribution in [2.24, 2.45) is 11.8 Å². The minimum atomic E-state index is -0.109. The van der Waals surface area contributed by atoms with Gasteiger partial charge in [-0.2, -0.15) is 0 Å². The molecule has 0 radical (unpaired) electrons. The minimum absolute atomic E-state index is 0.0499. The molecule has 0 aromatic carbocycles. The topological polar surface area (TPSA) is 103 Å². The SMILES string of the molecule is CC1CCN(c2ccc(CNC(=O)N3CCC(C(=O)Nc4nncs4)CC3)cn2)CC1. The summed E-state index contributed by atoms with van der Waals surface area (Å²) < 4.78 is 0. The van der Waals surface area contributed by atoms with Gasteiger partial charge in [0.25, 0.3) is 0 Å². The molecule has 2 aliphatic rings. The summed E-state index contributed by atoms with van der Waals surface area (Å²) in [4.78, 5) is 33.5. The number of pyridine rings is 1. The van der Waals surface area contributed by atoms with E-state index in [2.05, 4.69) is 37.6 Å². The second-order valence-corrected chi connectivity index (χ2v) is 9.18. The third-order valence-corrected chi connectivity index (χ3v) is 6.71. The molecule has 2 aliphatic heterocycles. The van der Waals surface area contributed by atoms with E-state index in [9.17, 15) is 9.59 Å². The molecule has 3 amide bonds. The van der Waals surface area contributed by atoms with Gasteiger partial charge < -0.3 is 20.4 Å². The largest absolute Gasteiger partial charge is 0.357 e. The standard InChI is InChI=1S/C21H29N7O2S/c1-15-4-8-27(9-5-15)18-3-2-16(12-22-18)13-23-21(30)28-10-6-17(7-11-28)19(29)25-20-26-24-14-31-20/h2-3,12,14-15,17H,4-11,13H2,1H3,(H,23,30)(H,25,26,29). The van der Waals surface area contributed by atoms with Crippen LogP contribution in [0.1, 0.15) is 38.2 Å². The van der Waals surface area contributed by atoms with Crippen LogP contribution in [0.4, 0.5) is 15.7 Å². The molecule has 2 N–H and O–H groups in total. The van der Waals surface area contributed by atoms with E-state index in [0.717, 1.165) is 30.4 Å². The van der Waals surface area contributed by atoms with Crippen molar-refractivity contribution < 1.29 is 9.59 Å². The fraction of sp³-hybridized carbons (Fsp3) is 0.571. The predicted molar refractivity (Wildman–Crippen MR) is 120 cm³/mol. The molecule has 31 heavy (non-hydrogen) atoms. The second kappa shape index (κ2) is 10.0. The van der Waals surface area contributed by atoms with Gasteiger partial charge >= 0.3 is 6.03 Å². The van der Waals surface area contributed by atoms with Crippen LogP contribution in [0.15, 0.2) is 23.8 Å². The number of amides is 3. The van der Waals surface area contributed by atoms with Crippen molar-refractivity contribution >= 4 is 34.2 Å². The molecule has 2 fully saturated rings. The van der Waals surface area contributed by atoms with Gasteiger partial charge in [-0.3, -0.25) is 4.79 Å². The van der Waals surface area contributed by atoms with E-state index in [0.29, 0.717) is 37.6 Å². The van der Waals surface area contributed by atoms with Gasteiger partial charge in [-0.05, 0) is 43.2 Å². The molecule has 0 spiro atoms. The number of carbonyl (C=O) groups excluding carboxylic acids is 2. The lowest BCUT2D eigenvalue weighted by atomic mass is 9.96. The van der Waals surface area contributed by atoms with Gasteiger partial charge in [0, 0.05) is 44.8 Å². The Morgan fingerprint density at radius 3 is 2.55 bits per heavy atom. The zero-order chi connectivity index (χ0) is 21.6. The third-order valence-electron chi connectivity index (χ3n) is 6.10. The second-order valence-electron chi connectivity index (χ2n) is 8.35. The first-order valence-electron chi connectivity index (χ1n) is 10.9. The summed E-state index contributed by atoms with van der Waals surface area (Å²) in [6.07, 6.45) is 5.54. The first-order chi connectivity index (χ1) is 15.1. The van der Waals surface area contributed by atoms with Crippen molar-refractivity contribution in [3.05, 3.63) is 29.4 Å². The molecule has 0 bridgehead atoms. The van der Waals surface area contributed by atoms with Crippen LogP contribution in [-0.4, -0.2) is 58.2 Å². The third kappa shape index (κ3) is 5.69. The number of hydrogen-bond acceptors (Lipinski definition) is 7. The molecule has 0 atom stereocenters. The zero-order valence-electron chi connectivity index (χ0n) is 17.8. The highest BCUT2D eigenvalue weighted by Crippen LogP contribution is 2.22. The molecule has 2 saturated heterocycles. The highest BCUT2D eigenvalue weighted by Gasteiger charge is 2.27. The van der Waals surface area contributed by atoms with Gasteiger partial charge in [-0.15, -0.1) is 10.2 Å². The van der Waals surface area contributed by atoms with Crippen molar-refractivity contribution in [1.82, 2.24) is 25.4 Å². The van der Waals surface area contributed by atoms with Crippen LogP contribution in [0.3, 0.4) is 0 Å². The molecule has 9 nitrogen and oxygen atoms in total. The van der Waals surface area contributed by atoms with Crippen LogP contribution in [0.2, 0.25) is 0 Å². The number of anilines is 2. The fourth-order valence-corrected chi connectivity index (χ4v) is 4.46. The monoisotopic (exact) mass is 443 g/mol. The molecular weight excluding hydrogens is 414 g/mol. The van der Waals surface area contributed by atoms with E-state index in [1.165, 1.54) is 24.2 Å². The van der Waals surface area contributed by atoms with Crippen molar-refractivity contribution in [1.29, 1.82) is 0 Å². The van der Waals surface area contributed by atoms with Gasteiger partial charge in [-0.25, -0.2) is 9.78 Å². The van der Waals surface area contributed by atoms with Crippen LogP contribution in [-0.2, 0) is 11.3 Å². The van der Waals surface area contributed by atoms with Gasteiger partial charge in [0.15, 0.2) is 0 Å². The molecule has 4 heterocycles. The number of hydrogen-bond donors (Lipinski definition) is 2. The van der Waals surface area contributed by atoms with Crippen LogP contribution in [0.25, 0.3) is 0 Å². The van der Waals surface area contributed by atoms with Crippen molar-refractivity contribution in [3.8, 4) is 0 Å². The minimum Gasteiger partial charge on any atom is -0.357 e. The van der Waals surface area contributed by atoms with Crippen LogP contribution >= 0.6 is 11.3 Å². The van der Waals surface area contributed by atoms with E-state index in [1.54, 1.807) is 10.4 Å². The molecule has 2 aromatic heterocycles. The quantitative estimate of drug-likeness (QED) is 0.737. The van der Waals surface area contributed by atoms with Crippen molar-refractivity contribution in [2.45, 2.75) is 39.2 Å². The molecule has 4 rings (SSSR count). The number of aromatic nitrogens is 3. The number of nitrogens with zero attached hydrogens (tertiary/aromatic N) is 5. The van der Waals surface area contributed by atoms with Crippen LogP contribution in [0.5, 0.6) is 0 Å². The van der Waals surface area contributed by atoms with E-state index in [-0.39, 0.29) is 17.9 Å². The highest BCUT2D eigenvalue weighted by molar-refractivity contribution is 7.13. The van der Waals surface area contributed by atoms with Crippen molar-refractivity contribution in [2.75, 3.05) is 36.4 Å². The highest BCUT2D eigenvalue weighted by atomic mass is 32.1. The number of piperidine rings is 2. The number of urea groups is 1. The Morgan fingerprint density at radius 1 is 1.13 bits per heavy atom. The lowest BCUT2D eigenvalue weighted by Crippen LogP contribution is -2.45. The van der Waals surface area contributed by atoms with Gasteiger partial charge in [0.1, 0.15) is 11.3 Å². The maximum absolute atomic E-state index is 12.5. The van der Waals surface area contributed by atoms with E-state index >= 15 is 0 Å². The summed E-state index contributed by atoms with van der Waals surface area (Å²) in [6, 6.07) is 3.97.